The number of hydrogen-bond donors (Lipinski definition) is 2. The van der Waals surface area contributed by atoms with Gasteiger partial charge in [0, 0.05) is 4.88 Å². The first-order chi connectivity index (χ1) is 10.5. The maximum atomic E-state index is 12.5. The molecule has 22 heavy (non-hydrogen) atoms. The van der Waals surface area contributed by atoms with Crippen LogP contribution in [0.25, 0.3) is 0 Å². The molecule has 2 rings (SSSR count). The lowest BCUT2D eigenvalue weighted by Crippen LogP contribution is -2.37. The van der Waals surface area contributed by atoms with Gasteiger partial charge in [-0.2, -0.15) is 0 Å². The number of carboxylic acids is 1. The van der Waals surface area contributed by atoms with Crippen molar-refractivity contribution in [2.75, 3.05) is 0 Å². The first kappa shape index (κ1) is 16.2. The Morgan fingerprint density at radius 3 is 2.32 bits per heavy atom. The third-order valence-electron chi connectivity index (χ3n) is 3.71. The fourth-order valence-electron chi connectivity index (χ4n) is 2.25. The summed E-state index contributed by atoms with van der Waals surface area (Å²) < 4.78 is 0. The highest BCUT2D eigenvalue weighted by Crippen LogP contribution is 2.26. The van der Waals surface area contributed by atoms with Gasteiger partial charge in [0.1, 0.15) is 0 Å². The van der Waals surface area contributed by atoms with Crippen molar-refractivity contribution in [2.45, 2.75) is 25.8 Å². The molecule has 3 unspecified atom stereocenters. The zero-order chi connectivity index (χ0) is 16.1. The fourth-order valence-corrected chi connectivity index (χ4v) is 3.03. The van der Waals surface area contributed by atoms with E-state index in [1.165, 1.54) is 11.3 Å². The molecule has 5 heteroatoms. The van der Waals surface area contributed by atoms with Gasteiger partial charge in [-0.25, -0.2) is 0 Å². The Bertz CT molecular complexity index is 625. The number of nitrogens with one attached hydrogen (secondary N) is 1. The van der Waals surface area contributed by atoms with Gasteiger partial charge in [-0.1, -0.05) is 36.4 Å². The van der Waals surface area contributed by atoms with Crippen molar-refractivity contribution in [3.8, 4) is 0 Å². The summed E-state index contributed by atoms with van der Waals surface area (Å²) in [5, 5.41) is 14.1. The van der Waals surface area contributed by atoms with Crippen molar-refractivity contribution in [1.29, 1.82) is 0 Å². The van der Waals surface area contributed by atoms with Gasteiger partial charge in [0.05, 0.1) is 17.9 Å². The molecule has 0 saturated heterocycles. The molecule has 0 aliphatic rings. The van der Waals surface area contributed by atoms with Crippen molar-refractivity contribution in [3.63, 3.8) is 0 Å². The van der Waals surface area contributed by atoms with Crippen LogP contribution in [-0.2, 0) is 9.59 Å². The number of carbonyl (C=O) groups excluding carboxylic acids is 1. The molecular formula is C17H19NO3S. The number of rotatable bonds is 6. The van der Waals surface area contributed by atoms with E-state index in [-0.39, 0.29) is 11.8 Å². The van der Waals surface area contributed by atoms with Crippen molar-refractivity contribution < 1.29 is 14.7 Å². The summed E-state index contributed by atoms with van der Waals surface area (Å²) in [4.78, 5) is 24.8. The fraction of sp³-hybridized carbons (Fsp3) is 0.294. The number of benzene rings is 1. The van der Waals surface area contributed by atoms with Gasteiger partial charge in [0.15, 0.2) is 0 Å². The standard InChI is InChI=1S/C17H19NO3S/c1-11(14-9-6-10-22-14)16(19)18-15(12(2)17(20)21)13-7-4-3-5-8-13/h3-12,15H,1-2H3,(H,18,19)(H,20,21). The summed E-state index contributed by atoms with van der Waals surface area (Å²) in [5.41, 5.74) is 0.795. The minimum absolute atomic E-state index is 0.163. The van der Waals surface area contributed by atoms with Crippen LogP contribution in [0, 0.1) is 5.92 Å². The van der Waals surface area contributed by atoms with E-state index in [4.69, 9.17) is 0 Å². The number of thiophene rings is 1. The molecule has 1 aromatic carbocycles. The highest BCUT2D eigenvalue weighted by molar-refractivity contribution is 7.10. The van der Waals surface area contributed by atoms with Crippen LogP contribution in [0.15, 0.2) is 47.8 Å². The normalized spacial score (nSPS) is 14.8. The van der Waals surface area contributed by atoms with E-state index in [9.17, 15) is 14.7 Å². The van der Waals surface area contributed by atoms with Gasteiger partial charge in [-0.15, -0.1) is 11.3 Å². The summed E-state index contributed by atoms with van der Waals surface area (Å²) in [5.74, 6) is -2.10. The summed E-state index contributed by atoms with van der Waals surface area (Å²) in [7, 11) is 0. The van der Waals surface area contributed by atoms with Crippen LogP contribution >= 0.6 is 11.3 Å². The quantitative estimate of drug-likeness (QED) is 0.858. The van der Waals surface area contributed by atoms with Gasteiger partial charge >= 0.3 is 5.97 Å². The van der Waals surface area contributed by atoms with Crippen LogP contribution < -0.4 is 5.32 Å². The Kier molecular flexibility index (Phi) is 5.33. The number of aliphatic carboxylic acids is 1. The number of hydrogen-bond acceptors (Lipinski definition) is 3. The largest absolute Gasteiger partial charge is 0.481 e. The Hall–Kier alpha value is -2.14. The molecule has 0 saturated carbocycles. The van der Waals surface area contributed by atoms with Crippen molar-refractivity contribution in [2.24, 2.45) is 5.92 Å². The SMILES string of the molecule is CC(C(=O)NC(c1ccccc1)C(C)C(=O)O)c1cccs1. The number of carboxylic acid groups (broad SMARTS) is 1. The van der Waals surface area contributed by atoms with Crippen molar-refractivity contribution in [3.05, 3.63) is 58.3 Å². The molecule has 116 valence electrons. The first-order valence-corrected chi connectivity index (χ1v) is 8.00. The zero-order valence-corrected chi connectivity index (χ0v) is 13.3. The number of amides is 1. The van der Waals surface area contributed by atoms with Gasteiger partial charge in [-0.3, -0.25) is 9.59 Å². The molecule has 2 N–H and O–H groups in total. The Labute approximate surface area is 133 Å². The van der Waals surface area contributed by atoms with Crippen LogP contribution in [0.5, 0.6) is 0 Å². The summed E-state index contributed by atoms with van der Waals surface area (Å²) in [6.07, 6.45) is 0. The van der Waals surface area contributed by atoms with Crippen LogP contribution in [-0.4, -0.2) is 17.0 Å². The molecule has 1 aromatic heterocycles. The highest BCUT2D eigenvalue weighted by atomic mass is 32.1. The predicted molar refractivity (Wildman–Crippen MR) is 86.9 cm³/mol. The second-order valence-electron chi connectivity index (χ2n) is 5.26. The zero-order valence-electron chi connectivity index (χ0n) is 12.5. The molecule has 1 amide bonds. The first-order valence-electron chi connectivity index (χ1n) is 7.12. The molecule has 0 spiro atoms. The topological polar surface area (TPSA) is 66.4 Å². The average Bonchev–Trinajstić information content (AvgIpc) is 3.06. The molecule has 0 aliphatic heterocycles. The van der Waals surface area contributed by atoms with E-state index in [0.29, 0.717) is 0 Å². The maximum absolute atomic E-state index is 12.5. The molecule has 0 fully saturated rings. The van der Waals surface area contributed by atoms with Gasteiger partial charge < -0.3 is 10.4 Å². The summed E-state index contributed by atoms with van der Waals surface area (Å²) >= 11 is 1.52. The molecular weight excluding hydrogens is 298 g/mol. The van der Waals surface area contributed by atoms with E-state index in [0.717, 1.165) is 10.4 Å². The lowest BCUT2D eigenvalue weighted by Gasteiger charge is -2.24. The van der Waals surface area contributed by atoms with E-state index in [2.05, 4.69) is 5.32 Å². The average molecular weight is 317 g/mol. The van der Waals surface area contributed by atoms with Crippen molar-refractivity contribution in [1.82, 2.24) is 5.32 Å². The van der Waals surface area contributed by atoms with Crippen LogP contribution in [0.1, 0.15) is 36.2 Å². The summed E-state index contributed by atoms with van der Waals surface area (Å²) in [6, 6.07) is 12.5. The molecule has 2 aromatic rings. The van der Waals surface area contributed by atoms with E-state index in [1.54, 1.807) is 6.92 Å². The molecule has 4 nitrogen and oxygen atoms in total. The number of carbonyl (C=O) groups is 2. The minimum Gasteiger partial charge on any atom is -0.481 e. The lowest BCUT2D eigenvalue weighted by atomic mass is 9.93. The van der Waals surface area contributed by atoms with E-state index >= 15 is 0 Å². The third kappa shape index (κ3) is 3.74. The second-order valence-corrected chi connectivity index (χ2v) is 6.24. The van der Waals surface area contributed by atoms with Crippen molar-refractivity contribution >= 4 is 23.2 Å². The monoisotopic (exact) mass is 317 g/mol. The Balaban J connectivity index is 2.19. The summed E-state index contributed by atoms with van der Waals surface area (Å²) in [6.45, 7) is 3.44. The molecule has 3 atom stereocenters. The third-order valence-corrected chi connectivity index (χ3v) is 4.76. The van der Waals surface area contributed by atoms with Gasteiger partial charge in [0.25, 0.3) is 0 Å². The van der Waals surface area contributed by atoms with Gasteiger partial charge in [-0.05, 0) is 30.9 Å². The predicted octanol–water partition coefficient (Wildman–Crippen LogP) is 3.43. The van der Waals surface area contributed by atoms with Crippen LogP contribution in [0.3, 0.4) is 0 Å². The smallest absolute Gasteiger partial charge is 0.308 e. The van der Waals surface area contributed by atoms with Crippen LogP contribution in [0.2, 0.25) is 0 Å². The Morgan fingerprint density at radius 1 is 1.09 bits per heavy atom. The molecule has 0 bridgehead atoms. The van der Waals surface area contributed by atoms with Gasteiger partial charge in [0.2, 0.25) is 5.91 Å². The Morgan fingerprint density at radius 2 is 1.77 bits per heavy atom. The molecule has 0 radical (unpaired) electrons. The second kappa shape index (κ2) is 7.22. The maximum Gasteiger partial charge on any atom is 0.308 e. The highest BCUT2D eigenvalue weighted by Gasteiger charge is 2.28. The lowest BCUT2D eigenvalue weighted by molar-refractivity contribution is -0.142. The molecule has 0 aliphatic carbocycles. The minimum atomic E-state index is -0.932. The van der Waals surface area contributed by atoms with E-state index in [1.807, 2.05) is 54.8 Å². The van der Waals surface area contributed by atoms with Crippen LogP contribution in [0.4, 0.5) is 0 Å². The molecule has 1 heterocycles. The van der Waals surface area contributed by atoms with E-state index < -0.39 is 17.9 Å².